The third-order valence-electron chi connectivity index (χ3n) is 1.33. The summed E-state index contributed by atoms with van der Waals surface area (Å²) in [5.74, 6) is -0.806. The average Bonchev–Trinajstić information content (AvgIpc) is 2.06. The van der Waals surface area contributed by atoms with Gasteiger partial charge < -0.3 is 5.11 Å². The van der Waals surface area contributed by atoms with Crippen molar-refractivity contribution >= 4 is 12.0 Å². The van der Waals surface area contributed by atoms with Gasteiger partial charge in [-0.25, -0.2) is 4.79 Å². The van der Waals surface area contributed by atoms with E-state index in [0.717, 1.165) is 19.4 Å². The smallest absolute Gasteiger partial charge is 0.432 e. The summed E-state index contributed by atoms with van der Waals surface area (Å²) in [5.41, 5.74) is 0. The number of carboxylic acid groups (broad SMARTS) is 1. The molecule has 0 fully saturated rings. The topological polar surface area (TPSA) is 63.6 Å². The SMILES string of the molecule is C=CC(=O)[N+](C=C)(OC)C(=O)O. The third-order valence-corrected chi connectivity index (χ3v) is 1.33. The molecule has 66 valence electrons. The van der Waals surface area contributed by atoms with Crippen LogP contribution in [-0.2, 0) is 9.63 Å². The molecule has 5 heteroatoms. The van der Waals surface area contributed by atoms with Crippen molar-refractivity contribution < 1.29 is 24.2 Å². The fourth-order valence-electron chi connectivity index (χ4n) is 0.641. The highest BCUT2D eigenvalue weighted by Gasteiger charge is 2.43. The van der Waals surface area contributed by atoms with Crippen LogP contribution in [0.3, 0.4) is 0 Å². The van der Waals surface area contributed by atoms with Crippen LogP contribution in [0.2, 0.25) is 0 Å². The number of hydrogen-bond donors (Lipinski definition) is 1. The van der Waals surface area contributed by atoms with E-state index >= 15 is 0 Å². The molecular formula is C7H10NO4+. The van der Waals surface area contributed by atoms with E-state index in [1.807, 2.05) is 0 Å². The highest BCUT2D eigenvalue weighted by Crippen LogP contribution is 2.10. The zero-order valence-electron chi connectivity index (χ0n) is 6.69. The Bertz CT molecular complexity index is 236. The Morgan fingerprint density at radius 3 is 2.08 bits per heavy atom. The first-order valence-corrected chi connectivity index (χ1v) is 3.03. The first kappa shape index (κ1) is 10.5. The summed E-state index contributed by atoms with van der Waals surface area (Å²) in [5, 5.41) is 8.63. The Kier molecular flexibility index (Phi) is 3.33. The molecule has 12 heavy (non-hydrogen) atoms. The van der Waals surface area contributed by atoms with Crippen LogP contribution in [-0.4, -0.2) is 28.9 Å². The van der Waals surface area contributed by atoms with Crippen LogP contribution in [0, 0.1) is 0 Å². The predicted molar refractivity (Wildman–Crippen MR) is 40.7 cm³/mol. The minimum absolute atomic E-state index is 0.806. The van der Waals surface area contributed by atoms with Gasteiger partial charge in [-0.1, -0.05) is 6.58 Å². The van der Waals surface area contributed by atoms with E-state index in [1.165, 1.54) is 0 Å². The number of quaternary nitrogens is 1. The van der Waals surface area contributed by atoms with Crippen molar-refractivity contribution in [2.45, 2.75) is 0 Å². The van der Waals surface area contributed by atoms with Crippen LogP contribution >= 0.6 is 0 Å². The molecule has 1 atom stereocenters. The maximum atomic E-state index is 11.0. The van der Waals surface area contributed by atoms with Gasteiger partial charge in [-0.2, -0.15) is 9.63 Å². The van der Waals surface area contributed by atoms with Crippen LogP contribution in [0.15, 0.2) is 25.4 Å². The van der Waals surface area contributed by atoms with Crippen LogP contribution in [0.5, 0.6) is 0 Å². The minimum atomic E-state index is -1.46. The van der Waals surface area contributed by atoms with Crippen molar-refractivity contribution in [2.24, 2.45) is 0 Å². The fraction of sp³-hybridized carbons (Fsp3) is 0.143. The van der Waals surface area contributed by atoms with Gasteiger partial charge in [0.2, 0.25) is 0 Å². The number of amides is 2. The van der Waals surface area contributed by atoms with E-state index in [2.05, 4.69) is 18.0 Å². The number of carbonyl (C=O) groups excluding carboxylic acids is 1. The zero-order valence-corrected chi connectivity index (χ0v) is 6.69. The van der Waals surface area contributed by atoms with Crippen LogP contribution in [0.1, 0.15) is 0 Å². The fourth-order valence-corrected chi connectivity index (χ4v) is 0.641. The summed E-state index contributed by atoms with van der Waals surface area (Å²) in [6, 6.07) is 0. The van der Waals surface area contributed by atoms with Gasteiger partial charge in [-0.15, -0.1) is 0 Å². The van der Waals surface area contributed by atoms with Gasteiger partial charge in [0.25, 0.3) is 0 Å². The molecule has 0 spiro atoms. The van der Waals surface area contributed by atoms with Crippen molar-refractivity contribution in [2.75, 3.05) is 7.11 Å². The second kappa shape index (κ2) is 3.80. The van der Waals surface area contributed by atoms with Gasteiger partial charge in [-0.05, 0) is 6.58 Å². The molecule has 0 heterocycles. The number of carbonyl (C=O) groups is 2. The molecule has 0 aliphatic rings. The van der Waals surface area contributed by atoms with Gasteiger partial charge in [0.05, 0.1) is 7.11 Å². The molecule has 0 saturated heterocycles. The monoisotopic (exact) mass is 172 g/mol. The second-order valence-corrected chi connectivity index (χ2v) is 1.85. The van der Waals surface area contributed by atoms with E-state index in [9.17, 15) is 9.59 Å². The first-order valence-electron chi connectivity index (χ1n) is 3.03. The standard InChI is InChI=1S/C7H9NO4/c1-4-6(9)8(5-2,12-3)7(10)11/h4-5H,1-2H2,3H3/p+1. The summed E-state index contributed by atoms with van der Waals surface area (Å²) in [4.78, 5) is 26.1. The second-order valence-electron chi connectivity index (χ2n) is 1.85. The molecule has 0 aromatic heterocycles. The molecule has 0 aromatic carbocycles. The van der Waals surface area contributed by atoms with E-state index in [0.29, 0.717) is 0 Å². The Morgan fingerprint density at radius 1 is 1.50 bits per heavy atom. The molecule has 5 nitrogen and oxygen atoms in total. The lowest BCUT2D eigenvalue weighted by molar-refractivity contribution is -0.934. The molecule has 0 bridgehead atoms. The van der Waals surface area contributed by atoms with Crippen LogP contribution in [0.25, 0.3) is 0 Å². The van der Waals surface area contributed by atoms with E-state index < -0.39 is 16.6 Å². The van der Waals surface area contributed by atoms with Crippen molar-refractivity contribution in [1.82, 2.24) is 0 Å². The number of hydroxylamine groups is 3. The lowest BCUT2D eigenvalue weighted by atomic mass is 10.5. The quantitative estimate of drug-likeness (QED) is 0.390. The Balaban J connectivity index is 5.08. The van der Waals surface area contributed by atoms with Gasteiger partial charge in [0.1, 0.15) is 6.20 Å². The first-order chi connectivity index (χ1) is 5.55. The molecule has 0 saturated carbocycles. The van der Waals surface area contributed by atoms with Crippen molar-refractivity contribution in [3.8, 4) is 0 Å². The predicted octanol–water partition coefficient (Wildman–Crippen LogP) is 0.899. The van der Waals surface area contributed by atoms with Gasteiger partial charge in [0, 0.05) is 10.7 Å². The van der Waals surface area contributed by atoms with Crippen LogP contribution in [0.4, 0.5) is 4.79 Å². The number of rotatable bonds is 3. The lowest BCUT2D eigenvalue weighted by Gasteiger charge is -2.18. The molecule has 2 amide bonds. The van der Waals surface area contributed by atoms with Gasteiger partial charge >= 0.3 is 12.0 Å². The number of hydrogen-bond acceptors (Lipinski definition) is 3. The van der Waals surface area contributed by atoms with Gasteiger partial charge in [0.15, 0.2) is 0 Å². The lowest BCUT2D eigenvalue weighted by Crippen LogP contribution is -2.50. The van der Waals surface area contributed by atoms with Crippen molar-refractivity contribution in [3.63, 3.8) is 0 Å². The van der Waals surface area contributed by atoms with E-state index in [4.69, 9.17) is 5.11 Å². The van der Waals surface area contributed by atoms with Gasteiger partial charge in [-0.3, -0.25) is 0 Å². The van der Waals surface area contributed by atoms with E-state index in [1.54, 1.807) is 0 Å². The average molecular weight is 172 g/mol. The molecular weight excluding hydrogens is 162 g/mol. The normalized spacial score (nSPS) is 14.4. The van der Waals surface area contributed by atoms with Crippen LogP contribution < -0.4 is 0 Å². The van der Waals surface area contributed by atoms with Crippen molar-refractivity contribution in [3.05, 3.63) is 25.4 Å². The highest BCUT2D eigenvalue weighted by atomic mass is 16.7. The highest BCUT2D eigenvalue weighted by molar-refractivity contribution is 5.87. The maximum Gasteiger partial charge on any atom is 0.560 e. The number of imide groups is 1. The molecule has 0 radical (unpaired) electrons. The summed E-state index contributed by atoms with van der Waals surface area (Å²) >= 11 is 0. The molecule has 0 aromatic rings. The zero-order chi connectivity index (χ0) is 9.78. The summed E-state index contributed by atoms with van der Waals surface area (Å²) in [7, 11) is 1.09. The Hall–Kier alpha value is -1.46. The minimum Gasteiger partial charge on any atom is -0.432 e. The Morgan fingerprint density at radius 2 is 2.00 bits per heavy atom. The number of nitrogens with zero attached hydrogens (tertiary/aromatic N) is 1. The maximum absolute atomic E-state index is 11.0. The molecule has 1 N–H and O–H groups in total. The molecule has 0 aliphatic carbocycles. The Labute approximate surface area is 69.7 Å². The molecule has 0 rings (SSSR count). The molecule has 1 unspecified atom stereocenters. The summed E-state index contributed by atoms with van der Waals surface area (Å²) in [6.45, 7) is 6.34. The molecule has 0 aliphatic heterocycles. The summed E-state index contributed by atoms with van der Waals surface area (Å²) in [6.07, 6.45) is 0.267. The largest absolute Gasteiger partial charge is 0.560 e. The summed E-state index contributed by atoms with van der Waals surface area (Å²) < 4.78 is -1.30. The van der Waals surface area contributed by atoms with Crippen molar-refractivity contribution in [1.29, 1.82) is 0 Å². The van der Waals surface area contributed by atoms with E-state index in [-0.39, 0.29) is 0 Å². The third kappa shape index (κ3) is 1.41.